The maximum Gasteiger partial charge on any atom is 0.337 e. The number of hydrogen-bond acceptors (Lipinski definition) is 5. The van der Waals surface area contributed by atoms with Gasteiger partial charge in [0.1, 0.15) is 25.0 Å². The molecular formula is C12H13N3O3. The van der Waals surface area contributed by atoms with Crippen LogP contribution in [0, 0.1) is 0 Å². The third-order valence-electron chi connectivity index (χ3n) is 2.33. The lowest BCUT2D eigenvalue weighted by Crippen LogP contribution is -2.08. The summed E-state index contributed by atoms with van der Waals surface area (Å²) in [6, 6.07) is 6.79. The van der Waals surface area contributed by atoms with Gasteiger partial charge in [-0.2, -0.15) is 5.10 Å². The molecule has 6 heteroatoms. The highest BCUT2D eigenvalue weighted by Crippen LogP contribution is 2.12. The van der Waals surface area contributed by atoms with Crippen molar-refractivity contribution in [3.63, 3.8) is 0 Å². The topological polar surface area (TPSA) is 66.2 Å². The third-order valence-corrected chi connectivity index (χ3v) is 2.33. The predicted molar refractivity (Wildman–Crippen MR) is 63.3 cm³/mol. The van der Waals surface area contributed by atoms with E-state index in [0.29, 0.717) is 24.5 Å². The van der Waals surface area contributed by atoms with Gasteiger partial charge in [0.25, 0.3) is 0 Å². The first-order valence-electron chi connectivity index (χ1n) is 5.43. The molecule has 0 aliphatic heterocycles. The van der Waals surface area contributed by atoms with Gasteiger partial charge < -0.3 is 9.47 Å². The van der Waals surface area contributed by atoms with Gasteiger partial charge in [0, 0.05) is 0 Å². The third kappa shape index (κ3) is 3.07. The van der Waals surface area contributed by atoms with Crippen molar-refractivity contribution >= 4 is 5.97 Å². The van der Waals surface area contributed by atoms with E-state index in [9.17, 15) is 4.79 Å². The Morgan fingerprint density at radius 1 is 1.33 bits per heavy atom. The smallest absolute Gasteiger partial charge is 0.337 e. The molecule has 2 aromatic rings. The second kappa shape index (κ2) is 5.81. The minimum absolute atomic E-state index is 0.357. The quantitative estimate of drug-likeness (QED) is 0.741. The lowest BCUT2D eigenvalue weighted by Gasteiger charge is -2.06. The lowest BCUT2D eigenvalue weighted by molar-refractivity contribution is 0.0600. The minimum atomic E-state index is -0.357. The average Bonchev–Trinajstić information content (AvgIpc) is 2.92. The van der Waals surface area contributed by atoms with Crippen molar-refractivity contribution < 1.29 is 14.3 Å². The number of nitrogens with zero attached hydrogens (tertiary/aromatic N) is 3. The van der Waals surface area contributed by atoms with Crippen LogP contribution in [-0.4, -0.2) is 34.5 Å². The van der Waals surface area contributed by atoms with Gasteiger partial charge >= 0.3 is 5.97 Å². The largest absolute Gasteiger partial charge is 0.492 e. The van der Waals surface area contributed by atoms with Crippen LogP contribution in [0.3, 0.4) is 0 Å². The summed E-state index contributed by atoms with van der Waals surface area (Å²) in [7, 11) is 1.35. The molecule has 0 saturated carbocycles. The molecule has 1 aromatic carbocycles. The van der Waals surface area contributed by atoms with Gasteiger partial charge in [0.05, 0.1) is 19.2 Å². The molecule has 0 unspecified atom stereocenters. The van der Waals surface area contributed by atoms with Crippen LogP contribution in [0.2, 0.25) is 0 Å². The maximum atomic E-state index is 11.2. The van der Waals surface area contributed by atoms with Crippen LogP contribution in [0.5, 0.6) is 5.75 Å². The van der Waals surface area contributed by atoms with E-state index in [1.807, 2.05) is 0 Å². The normalized spacial score (nSPS) is 10.1. The van der Waals surface area contributed by atoms with Crippen molar-refractivity contribution in [2.24, 2.45) is 0 Å². The average molecular weight is 247 g/mol. The zero-order valence-corrected chi connectivity index (χ0v) is 9.94. The zero-order valence-electron chi connectivity index (χ0n) is 9.94. The molecule has 6 nitrogen and oxygen atoms in total. The van der Waals surface area contributed by atoms with E-state index < -0.39 is 0 Å². The molecule has 2 rings (SSSR count). The molecule has 0 fully saturated rings. The summed E-state index contributed by atoms with van der Waals surface area (Å²) in [6.45, 7) is 1.11. The van der Waals surface area contributed by atoms with E-state index in [2.05, 4.69) is 14.8 Å². The Kier molecular flexibility index (Phi) is 3.90. The molecule has 0 aliphatic rings. The highest BCUT2D eigenvalue weighted by Gasteiger charge is 2.04. The molecule has 0 bridgehead atoms. The van der Waals surface area contributed by atoms with E-state index in [1.165, 1.54) is 13.4 Å². The molecule has 0 spiro atoms. The molecule has 0 N–H and O–H groups in total. The Morgan fingerprint density at radius 3 is 2.72 bits per heavy atom. The number of ether oxygens (including phenoxy) is 2. The molecule has 0 amide bonds. The van der Waals surface area contributed by atoms with Crippen LogP contribution in [0.25, 0.3) is 0 Å². The van der Waals surface area contributed by atoms with Gasteiger partial charge in [-0.3, -0.25) is 0 Å². The zero-order chi connectivity index (χ0) is 12.8. The molecule has 0 atom stereocenters. The summed E-state index contributed by atoms with van der Waals surface area (Å²) in [5.41, 5.74) is 0.501. The number of rotatable bonds is 5. The standard InChI is InChI=1S/C12H13N3O3/c1-17-12(16)10-2-4-11(5-3-10)18-7-6-15-9-13-8-14-15/h2-5,8-9H,6-7H2,1H3. The van der Waals surface area contributed by atoms with Crippen LogP contribution in [0.4, 0.5) is 0 Å². The fourth-order valence-electron chi connectivity index (χ4n) is 1.41. The van der Waals surface area contributed by atoms with Crippen LogP contribution < -0.4 is 4.74 Å². The molecule has 94 valence electrons. The van der Waals surface area contributed by atoms with E-state index in [1.54, 1.807) is 35.3 Å². The maximum absolute atomic E-state index is 11.2. The summed E-state index contributed by atoms with van der Waals surface area (Å²) in [5.74, 6) is 0.340. The SMILES string of the molecule is COC(=O)c1ccc(OCCn2cncn2)cc1. The highest BCUT2D eigenvalue weighted by atomic mass is 16.5. The number of hydrogen-bond donors (Lipinski definition) is 0. The van der Waals surface area contributed by atoms with Gasteiger partial charge in [-0.1, -0.05) is 0 Å². The van der Waals surface area contributed by atoms with E-state index in [0.717, 1.165) is 0 Å². The molecule has 18 heavy (non-hydrogen) atoms. The van der Waals surface area contributed by atoms with Crippen molar-refractivity contribution in [1.82, 2.24) is 14.8 Å². The molecular weight excluding hydrogens is 234 g/mol. The van der Waals surface area contributed by atoms with Gasteiger partial charge in [0.15, 0.2) is 0 Å². The van der Waals surface area contributed by atoms with Gasteiger partial charge in [-0.15, -0.1) is 0 Å². The number of benzene rings is 1. The Hall–Kier alpha value is -2.37. The van der Waals surface area contributed by atoms with Crippen molar-refractivity contribution in [1.29, 1.82) is 0 Å². The highest BCUT2D eigenvalue weighted by molar-refractivity contribution is 5.89. The number of carbonyl (C=O) groups is 1. The van der Waals surface area contributed by atoms with Gasteiger partial charge in [0.2, 0.25) is 0 Å². The summed E-state index contributed by atoms with van der Waals surface area (Å²) >= 11 is 0. The van der Waals surface area contributed by atoms with E-state index in [-0.39, 0.29) is 5.97 Å². The fourth-order valence-corrected chi connectivity index (χ4v) is 1.41. The first-order valence-corrected chi connectivity index (χ1v) is 5.43. The lowest BCUT2D eigenvalue weighted by atomic mass is 10.2. The second-order valence-electron chi connectivity index (χ2n) is 3.52. The Labute approximate surface area is 104 Å². The van der Waals surface area contributed by atoms with Crippen molar-refractivity contribution in [3.8, 4) is 5.75 Å². The molecule has 0 aliphatic carbocycles. The number of carbonyl (C=O) groups excluding carboxylic acids is 1. The molecule has 1 aromatic heterocycles. The number of aromatic nitrogens is 3. The van der Waals surface area contributed by atoms with Crippen molar-refractivity contribution in [3.05, 3.63) is 42.5 Å². The minimum Gasteiger partial charge on any atom is -0.492 e. The first-order chi connectivity index (χ1) is 8.79. The van der Waals surface area contributed by atoms with Crippen molar-refractivity contribution in [2.75, 3.05) is 13.7 Å². The van der Waals surface area contributed by atoms with Gasteiger partial charge in [-0.25, -0.2) is 14.5 Å². The monoisotopic (exact) mass is 247 g/mol. The second-order valence-corrected chi connectivity index (χ2v) is 3.52. The number of esters is 1. The Balaban J connectivity index is 1.85. The Morgan fingerprint density at radius 2 is 2.11 bits per heavy atom. The molecule has 0 saturated heterocycles. The first kappa shape index (κ1) is 12.1. The summed E-state index contributed by atoms with van der Waals surface area (Å²) in [6.07, 6.45) is 3.11. The number of methoxy groups -OCH3 is 1. The van der Waals surface area contributed by atoms with Crippen molar-refractivity contribution in [2.45, 2.75) is 6.54 Å². The Bertz CT molecular complexity index is 494. The van der Waals surface area contributed by atoms with Crippen LogP contribution >= 0.6 is 0 Å². The predicted octanol–water partition coefficient (Wildman–Crippen LogP) is 1.14. The van der Waals surface area contributed by atoms with Crippen LogP contribution in [-0.2, 0) is 11.3 Å². The fraction of sp³-hybridized carbons (Fsp3) is 0.250. The molecule has 1 heterocycles. The summed E-state index contributed by atoms with van der Waals surface area (Å²) < 4.78 is 11.8. The van der Waals surface area contributed by atoms with E-state index >= 15 is 0 Å². The van der Waals surface area contributed by atoms with Crippen LogP contribution in [0.15, 0.2) is 36.9 Å². The summed E-state index contributed by atoms with van der Waals surface area (Å²) in [5, 5.41) is 3.96. The van der Waals surface area contributed by atoms with Crippen LogP contribution in [0.1, 0.15) is 10.4 Å². The van der Waals surface area contributed by atoms with E-state index in [4.69, 9.17) is 4.74 Å². The van der Waals surface area contributed by atoms with Gasteiger partial charge in [-0.05, 0) is 24.3 Å². The summed E-state index contributed by atoms with van der Waals surface area (Å²) in [4.78, 5) is 15.0. The molecule has 0 radical (unpaired) electrons.